The van der Waals surface area contributed by atoms with Gasteiger partial charge in [0.25, 0.3) is 5.91 Å². The average Bonchev–Trinajstić information content (AvgIpc) is 2.34. The molecule has 96 valence electrons. The number of hydrogen-bond donors (Lipinski definition) is 1. The summed E-state index contributed by atoms with van der Waals surface area (Å²) in [5.74, 6) is 0.406. The van der Waals surface area contributed by atoms with Gasteiger partial charge in [-0.05, 0) is 18.1 Å². The van der Waals surface area contributed by atoms with Crippen molar-refractivity contribution in [2.45, 2.75) is 20.3 Å². The quantitative estimate of drug-likeness (QED) is 0.856. The first-order valence-corrected chi connectivity index (χ1v) is 5.93. The fraction of sp³-hybridized carbons (Fsp3) is 0.462. The van der Waals surface area contributed by atoms with E-state index in [2.05, 4.69) is 11.1 Å². The van der Waals surface area contributed by atoms with E-state index >= 15 is 0 Å². The third-order valence-electron chi connectivity index (χ3n) is 2.44. The number of nitrogens with zero attached hydrogens (tertiary/aromatic N) is 3. The maximum absolute atomic E-state index is 12.3. The van der Waals surface area contributed by atoms with Crippen molar-refractivity contribution in [3.8, 4) is 6.07 Å². The van der Waals surface area contributed by atoms with Crippen LogP contribution in [0.4, 0.5) is 5.82 Å². The Balaban J connectivity index is 2.88. The number of carbonyl (C=O) groups is 1. The van der Waals surface area contributed by atoms with Gasteiger partial charge >= 0.3 is 0 Å². The third-order valence-corrected chi connectivity index (χ3v) is 2.44. The van der Waals surface area contributed by atoms with Crippen molar-refractivity contribution in [2.24, 2.45) is 5.92 Å². The van der Waals surface area contributed by atoms with E-state index in [-0.39, 0.29) is 11.7 Å². The van der Waals surface area contributed by atoms with Crippen LogP contribution in [0.25, 0.3) is 0 Å². The van der Waals surface area contributed by atoms with Crippen LogP contribution in [0, 0.1) is 17.2 Å². The van der Waals surface area contributed by atoms with Gasteiger partial charge in [-0.15, -0.1) is 0 Å². The van der Waals surface area contributed by atoms with E-state index in [0.717, 1.165) is 0 Å². The zero-order valence-electron chi connectivity index (χ0n) is 10.8. The molecule has 0 aromatic carbocycles. The minimum absolute atomic E-state index is 0.162. The lowest BCUT2D eigenvalue weighted by atomic mass is 10.1. The Kier molecular flexibility index (Phi) is 5.12. The molecule has 0 unspecified atom stereocenters. The summed E-state index contributed by atoms with van der Waals surface area (Å²) in [6.45, 7) is 5.08. The Bertz CT molecular complexity index is 451. The highest BCUT2D eigenvalue weighted by Crippen LogP contribution is 2.12. The summed E-state index contributed by atoms with van der Waals surface area (Å²) in [5.41, 5.74) is 6.09. The number of hydrogen-bond acceptors (Lipinski definition) is 4. The molecule has 2 N–H and O–H groups in total. The van der Waals surface area contributed by atoms with Crippen molar-refractivity contribution in [1.29, 1.82) is 5.26 Å². The molecular formula is C13H18N4O. The minimum atomic E-state index is -0.162. The average molecular weight is 246 g/mol. The molecule has 0 saturated carbocycles. The van der Waals surface area contributed by atoms with Crippen molar-refractivity contribution in [3.63, 3.8) is 0 Å². The molecule has 5 heteroatoms. The maximum atomic E-state index is 12.3. The molecule has 0 fully saturated rings. The Morgan fingerprint density at radius 3 is 2.89 bits per heavy atom. The molecule has 0 bridgehead atoms. The molecule has 1 aromatic heterocycles. The van der Waals surface area contributed by atoms with Crippen molar-refractivity contribution >= 4 is 11.7 Å². The lowest BCUT2D eigenvalue weighted by Gasteiger charge is -2.24. The van der Waals surface area contributed by atoms with Crippen LogP contribution in [0.5, 0.6) is 0 Å². The van der Waals surface area contributed by atoms with Crippen LogP contribution in [0.3, 0.4) is 0 Å². The number of aromatic nitrogens is 1. The number of anilines is 1. The van der Waals surface area contributed by atoms with Crippen molar-refractivity contribution < 1.29 is 4.79 Å². The highest BCUT2D eigenvalue weighted by molar-refractivity contribution is 5.98. The lowest BCUT2D eigenvalue weighted by Crippen LogP contribution is -2.35. The Labute approximate surface area is 107 Å². The second-order valence-corrected chi connectivity index (χ2v) is 4.49. The summed E-state index contributed by atoms with van der Waals surface area (Å²) in [6.07, 6.45) is 1.87. The zero-order chi connectivity index (χ0) is 13.5. The maximum Gasteiger partial charge on any atom is 0.257 e. The number of nitrogen functional groups attached to an aromatic ring is 1. The standard InChI is InChI=1S/C13H18N4O/c1-10(2)9-17(8-4-6-14)13(18)11-5-3-7-16-12(11)15/h3,5,7,10H,4,8-9H2,1-2H3,(H2,15,16). The SMILES string of the molecule is CC(C)CN(CCC#N)C(=O)c1cccnc1N. The first kappa shape index (κ1) is 14.0. The molecule has 1 rings (SSSR count). The van der Waals surface area contributed by atoms with Crippen LogP contribution in [0.2, 0.25) is 0 Å². The molecule has 0 aliphatic heterocycles. The number of rotatable bonds is 5. The Morgan fingerprint density at radius 1 is 1.61 bits per heavy atom. The highest BCUT2D eigenvalue weighted by atomic mass is 16.2. The van der Waals surface area contributed by atoms with Crippen LogP contribution in [0.1, 0.15) is 30.6 Å². The minimum Gasteiger partial charge on any atom is -0.383 e. The second-order valence-electron chi connectivity index (χ2n) is 4.49. The van der Waals surface area contributed by atoms with E-state index in [1.54, 1.807) is 23.2 Å². The predicted molar refractivity (Wildman–Crippen MR) is 69.6 cm³/mol. The fourth-order valence-corrected chi connectivity index (χ4v) is 1.67. The number of carbonyl (C=O) groups excluding carboxylic acids is 1. The molecule has 0 saturated heterocycles. The molecule has 0 radical (unpaired) electrons. The summed E-state index contributed by atoms with van der Waals surface area (Å²) in [6, 6.07) is 5.39. The summed E-state index contributed by atoms with van der Waals surface area (Å²) < 4.78 is 0. The molecule has 0 atom stereocenters. The molecule has 18 heavy (non-hydrogen) atoms. The molecule has 0 aliphatic carbocycles. The summed E-state index contributed by atoms with van der Waals surface area (Å²) in [5, 5.41) is 8.63. The van der Waals surface area contributed by atoms with E-state index in [1.165, 1.54) is 0 Å². The molecular weight excluding hydrogens is 228 g/mol. The van der Waals surface area contributed by atoms with Gasteiger partial charge in [-0.25, -0.2) is 4.98 Å². The van der Waals surface area contributed by atoms with Crippen molar-refractivity contribution in [2.75, 3.05) is 18.8 Å². The first-order chi connectivity index (χ1) is 8.56. The fourth-order valence-electron chi connectivity index (χ4n) is 1.67. The van der Waals surface area contributed by atoms with Crippen LogP contribution in [0.15, 0.2) is 18.3 Å². The normalized spacial score (nSPS) is 10.1. The van der Waals surface area contributed by atoms with Gasteiger partial charge in [-0.2, -0.15) is 5.26 Å². The van der Waals surface area contributed by atoms with E-state index in [4.69, 9.17) is 11.0 Å². The van der Waals surface area contributed by atoms with E-state index < -0.39 is 0 Å². The van der Waals surface area contributed by atoms with Crippen LogP contribution in [-0.2, 0) is 0 Å². The monoisotopic (exact) mass is 246 g/mol. The highest BCUT2D eigenvalue weighted by Gasteiger charge is 2.18. The van der Waals surface area contributed by atoms with Gasteiger partial charge in [-0.1, -0.05) is 13.8 Å². The number of pyridine rings is 1. The largest absolute Gasteiger partial charge is 0.383 e. The number of nitriles is 1. The van der Waals surface area contributed by atoms with Gasteiger partial charge in [0.15, 0.2) is 0 Å². The molecule has 1 aromatic rings. The molecule has 5 nitrogen and oxygen atoms in total. The van der Waals surface area contributed by atoms with Gasteiger partial charge in [-0.3, -0.25) is 4.79 Å². The summed E-state index contributed by atoms with van der Waals surface area (Å²) >= 11 is 0. The number of nitrogens with two attached hydrogens (primary N) is 1. The van der Waals surface area contributed by atoms with Gasteiger partial charge in [0, 0.05) is 19.3 Å². The van der Waals surface area contributed by atoms with Gasteiger partial charge in [0.1, 0.15) is 5.82 Å². The lowest BCUT2D eigenvalue weighted by molar-refractivity contribution is 0.0740. The zero-order valence-corrected chi connectivity index (χ0v) is 10.8. The summed E-state index contributed by atoms with van der Waals surface area (Å²) in [4.78, 5) is 17.9. The molecule has 0 aliphatic rings. The third kappa shape index (κ3) is 3.74. The molecule has 1 amide bonds. The van der Waals surface area contributed by atoms with Gasteiger partial charge in [0.2, 0.25) is 0 Å². The van der Waals surface area contributed by atoms with E-state index in [0.29, 0.717) is 31.0 Å². The van der Waals surface area contributed by atoms with E-state index in [9.17, 15) is 4.79 Å². The van der Waals surface area contributed by atoms with Crippen molar-refractivity contribution in [3.05, 3.63) is 23.9 Å². The predicted octanol–water partition coefficient (Wildman–Crippen LogP) is 1.68. The van der Waals surface area contributed by atoms with Gasteiger partial charge < -0.3 is 10.6 Å². The van der Waals surface area contributed by atoms with Gasteiger partial charge in [0.05, 0.1) is 18.1 Å². The topological polar surface area (TPSA) is 83.0 Å². The smallest absolute Gasteiger partial charge is 0.257 e. The molecule has 0 spiro atoms. The Morgan fingerprint density at radius 2 is 2.33 bits per heavy atom. The molecule has 1 heterocycles. The number of amides is 1. The summed E-state index contributed by atoms with van der Waals surface area (Å²) in [7, 11) is 0. The first-order valence-electron chi connectivity index (χ1n) is 5.93. The van der Waals surface area contributed by atoms with Crippen LogP contribution in [-0.4, -0.2) is 28.9 Å². The van der Waals surface area contributed by atoms with Crippen LogP contribution < -0.4 is 5.73 Å². The van der Waals surface area contributed by atoms with Crippen LogP contribution >= 0.6 is 0 Å². The second kappa shape index (κ2) is 6.60. The Hall–Kier alpha value is -2.09. The van der Waals surface area contributed by atoms with Crippen molar-refractivity contribution in [1.82, 2.24) is 9.88 Å². The van der Waals surface area contributed by atoms with E-state index in [1.807, 2.05) is 13.8 Å².